The normalized spacial score (nSPS) is 18.6. The molecule has 0 saturated carbocycles. The first-order valence-electron chi connectivity index (χ1n) is 8.03. The van der Waals surface area contributed by atoms with Crippen LogP contribution in [0, 0.1) is 0 Å². The van der Waals surface area contributed by atoms with Gasteiger partial charge in [-0.15, -0.1) is 0 Å². The minimum absolute atomic E-state index is 0.827. The minimum atomic E-state index is 0.827. The van der Waals surface area contributed by atoms with Crippen molar-refractivity contribution in [3.63, 3.8) is 0 Å². The summed E-state index contributed by atoms with van der Waals surface area (Å²) in [5.41, 5.74) is 1.30. The number of hydrogen-bond acceptors (Lipinski definition) is 3. The fraction of sp³-hybridized carbons (Fsp3) is 0.647. The van der Waals surface area contributed by atoms with Gasteiger partial charge in [0.15, 0.2) is 0 Å². The van der Waals surface area contributed by atoms with E-state index in [0.717, 1.165) is 44.0 Å². The second kappa shape index (κ2) is 6.98. The molecule has 20 heavy (non-hydrogen) atoms. The lowest BCUT2D eigenvalue weighted by atomic mass is 10.1. The Morgan fingerprint density at radius 1 is 1.10 bits per heavy atom. The summed E-state index contributed by atoms with van der Waals surface area (Å²) >= 11 is 0. The molecule has 110 valence electrons. The Balaban J connectivity index is 1.37. The third-order valence-electron chi connectivity index (χ3n) is 4.22. The summed E-state index contributed by atoms with van der Waals surface area (Å²) in [7, 11) is 0. The third-order valence-corrected chi connectivity index (χ3v) is 4.22. The molecule has 2 heterocycles. The molecule has 3 rings (SSSR count). The summed E-state index contributed by atoms with van der Waals surface area (Å²) in [5.74, 6) is 2.04. The zero-order valence-electron chi connectivity index (χ0n) is 12.3. The molecule has 1 saturated heterocycles. The Morgan fingerprint density at radius 2 is 2.00 bits per heavy atom. The van der Waals surface area contributed by atoms with E-state index in [0.29, 0.717) is 0 Å². The molecule has 2 aliphatic heterocycles. The summed E-state index contributed by atoms with van der Waals surface area (Å²) in [5, 5.41) is 0. The standard InChI is InChI=1S/C17H25NO2/c1-2-10-18(9-1)11-3-4-12-19-16-7-8-17-15(14-16)6-5-13-20-17/h7-8,14H,1-6,9-13H2. The predicted octanol–water partition coefficient (Wildman–Crippen LogP) is 3.27. The average molecular weight is 275 g/mol. The number of rotatable bonds is 6. The van der Waals surface area contributed by atoms with Crippen LogP contribution in [0.1, 0.15) is 37.7 Å². The van der Waals surface area contributed by atoms with E-state index in [1.54, 1.807) is 0 Å². The molecule has 0 bridgehead atoms. The summed E-state index contributed by atoms with van der Waals surface area (Å²) in [6.07, 6.45) is 7.38. The zero-order valence-corrected chi connectivity index (χ0v) is 12.3. The highest BCUT2D eigenvalue weighted by Gasteiger charge is 2.11. The first-order chi connectivity index (χ1) is 9.92. The Labute approximate surface area is 121 Å². The molecule has 1 fully saturated rings. The topological polar surface area (TPSA) is 21.7 Å². The molecule has 1 aromatic rings. The van der Waals surface area contributed by atoms with E-state index < -0.39 is 0 Å². The fourth-order valence-electron chi connectivity index (χ4n) is 3.06. The van der Waals surface area contributed by atoms with Gasteiger partial charge in [0.2, 0.25) is 0 Å². The van der Waals surface area contributed by atoms with Crippen molar-refractivity contribution in [1.82, 2.24) is 4.90 Å². The van der Waals surface area contributed by atoms with Crippen LogP contribution in [-0.2, 0) is 6.42 Å². The zero-order chi connectivity index (χ0) is 13.6. The van der Waals surface area contributed by atoms with E-state index in [4.69, 9.17) is 9.47 Å². The van der Waals surface area contributed by atoms with Crippen molar-refractivity contribution >= 4 is 0 Å². The molecule has 0 radical (unpaired) electrons. The average Bonchev–Trinajstić information content (AvgIpc) is 3.00. The van der Waals surface area contributed by atoms with Crippen molar-refractivity contribution in [3.05, 3.63) is 23.8 Å². The van der Waals surface area contributed by atoms with Crippen molar-refractivity contribution in [2.24, 2.45) is 0 Å². The fourth-order valence-corrected chi connectivity index (χ4v) is 3.06. The van der Waals surface area contributed by atoms with Crippen LogP contribution in [-0.4, -0.2) is 37.7 Å². The molecule has 0 spiro atoms. The second-order valence-electron chi connectivity index (χ2n) is 5.83. The lowest BCUT2D eigenvalue weighted by Gasteiger charge is -2.18. The van der Waals surface area contributed by atoms with E-state index in [1.807, 2.05) is 12.1 Å². The van der Waals surface area contributed by atoms with Crippen LogP contribution in [0.4, 0.5) is 0 Å². The van der Waals surface area contributed by atoms with Crippen LogP contribution >= 0.6 is 0 Å². The highest BCUT2D eigenvalue weighted by molar-refractivity contribution is 5.41. The number of fused-ring (bicyclic) bond motifs is 1. The van der Waals surface area contributed by atoms with Crippen molar-refractivity contribution < 1.29 is 9.47 Å². The Bertz CT molecular complexity index is 427. The third kappa shape index (κ3) is 3.66. The number of unbranched alkanes of at least 4 members (excludes halogenated alkanes) is 1. The van der Waals surface area contributed by atoms with E-state index in [1.165, 1.54) is 44.5 Å². The van der Waals surface area contributed by atoms with Gasteiger partial charge < -0.3 is 14.4 Å². The van der Waals surface area contributed by atoms with Gasteiger partial charge in [0.1, 0.15) is 11.5 Å². The molecule has 0 atom stereocenters. The monoisotopic (exact) mass is 275 g/mol. The molecule has 1 aromatic carbocycles. The molecule has 0 amide bonds. The summed E-state index contributed by atoms with van der Waals surface area (Å²) in [6.45, 7) is 5.51. The van der Waals surface area contributed by atoms with Gasteiger partial charge in [0.05, 0.1) is 13.2 Å². The first-order valence-corrected chi connectivity index (χ1v) is 8.03. The summed E-state index contributed by atoms with van der Waals surface area (Å²) in [6, 6.07) is 6.23. The van der Waals surface area contributed by atoms with E-state index >= 15 is 0 Å². The van der Waals surface area contributed by atoms with Gasteiger partial charge in [-0.25, -0.2) is 0 Å². The van der Waals surface area contributed by atoms with Gasteiger partial charge >= 0.3 is 0 Å². The molecular formula is C17H25NO2. The van der Waals surface area contributed by atoms with Crippen molar-refractivity contribution in [1.29, 1.82) is 0 Å². The van der Waals surface area contributed by atoms with Gasteiger partial charge in [-0.2, -0.15) is 0 Å². The maximum atomic E-state index is 5.86. The smallest absolute Gasteiger partial charge is 0.122 e. The summed E-state index contributed by atoms with van der Waals surface area (Å²) in [4.78, 5) is 2.57. The van der Waals surface area contributed by atoms with Crippen molar-refractivity contribution in [2.75, 3.05) is 32.8 Å². The van der Waals surface area contributed by atoms with Crippen LogP contribution < -0.4 is 9.47 Å². The molecule has 2 aliphatic rings. The lowest BCUT2D eigenvalue weighted by molar-refractivity contribution is 0.274. The Morgan fingerprint density at radius 3 is 2.90 bits per heavy atom. The highest BCUT2D eigenvalue weighted by Crippen LogP contribution is 2.28. The molecule has 0 N–H and O–H groups in total. The molecule has 3 nitrogen and oxygen atoms in total. The van der Waals surface area contributed by atoms with Crippen LogP contribution in [0.15, 0.2) is 18.2 Å². The number of nitrogens with zero attached hydrogens (tertiary/aromatic N) is 1. The van der Waals surface area contributed by atoms with Gasteiger partial charge in [0, 0.05) is 0 Å². The number of benzene rings is 1. The quantitative estimate of drug-likeness (QED) is 0.744. The molecule has 0 aromatic heterocycles. The van der Waals surface area contributed by atoms with Gasteiger partial charge in [-0.05, 0) is 81.9 Å². The molecular weight excluding hydrogens is 250 g/mol. The van der Waals surface area contributed by atoms with Crippen LogP contribution in [0.3, 0.4) is 0 Å². The van der Waals surface area contributed by atoms with Gasteiger partial charge in [0.25, 0.3) is 0 Å². The largest absolute Gasteiger partial charge is 0.494 e. The van der Waals surface area contributed by atoms with Gasteiger partial charge in [-0.3, -0.25) is 0 Å². The second-order valence-corrected chi connectivity index (χ2v) is 5.83. The maximum absolute atomic E-state index is 5.86. The van der Waals surface area contributed by atoms with E-state index in [2.05, 4.69) is 11.0 Å². The number of aryl methyl sites for hydroxylation is 1. The van der Waals surface area contributed by atoms with Crippen molar-refractivity contribution in [2.45, 2.75) is 38.5 Å². The molecule has 0 unspecified atom stereocenters. The maximum Gasteiger partial charge on any atom is 0.122 e. The molecule has 3 heteroatoms. The number of ether oxygens (including phenoxy) is 2. The SMILES string of the molecule is c1cc2c(cc1OCCCCN1CCCC1)CCCO2. The van der Waals surface area contributed by atoms with E-state index in [9.17, 15) is 0 Å². The van der Waals surface area contributed by atoms with Gasteiger partial charge in [-0.1, -0.05) is 0 Å². The Hall–Kier alpha value is -1.22. The number of hydrogen-bond donors (Lipinski definition) is 0. The number of likely N-dealkylation sites (tertiary alicyclic amines) is 1. The minimum Gasteiger partial charge on any atom is -0.494 e. The highest BCUT2D eigenvalue weighted by atomic mass is 16.5. The van der Waals surface area contributed by atoms with Crippen molar-refractivity contribution in [3.8, 4) is 11.5 Å². The van der Waals surface area contributed by atoms with E-state index in [-0.39, 0.29) is 0 Å². The van der Waals surface area contributed by atoms with Crippen LogP contribution in [0.25, 0.3) is 0 Å². The lowest BCUT2D eigenvalue weighted by Crippen LogP contribution is -2.20. The van der Waals surface area contributed by atoms with Crippen LogP contribution in [0.2, 0.25) is 0 Å². The predicted molar refractivity (Wildman–Crippen MR) is 80.7 cm³/mol. The first kappa shape index (κ1) is 13.7. The van der Waals surface area contributed by atoms with Crippen LogP contribution in [0.5, 0.6) is 11.5 Å². The Kier molecular flexibility index (Phi) is 4.80. The molecule has 0 aliphatic carbocycles. The summed E-state index contributed by atoms with van der Waals surface area (Å²) < 4.78 is 11.5.